The zero-order chi connectivity index (χ0) is 13.1. The van der Waals surface area contributed by atoms with Crippen molar-refractivity contribution in [2.75, 3.05) is 7.11 Å². The monoisotopic (exact) mass is 252 g/mol. The van der Waals surface area contributed by atoms with Gasteiger partial charge in [0.25, 0.3) is 0 Å². The average molecular weight is 252 g/mol. The molecular formula is C15H12N2O2. The SMILES string of the molecule is COc1ccccc1Oc1ncnc2ccccc12. The van der Waals surface area contributed by atoms with Crippen LogP contribution in [-0.4, -0.2) is 17.1 Å². The fourth-order valence-corrected chi connectivity index (χ4v) is 1.87. The first-order valence-electron chi connectivity index (χ1n) is 5.89. The Hall–Kier alpha value is -2.62. The van der Waals surface area contributed by atoms with Crippen LogP contribution < -0.4 is 9.47 Å². The maximum atomic E-state index is 5.84. The molecule has 0 unspecified atom stereocenters. The van der Waals surface area contributed by atoms with Gasteiger partial charge in [-0.2, -0.15) is 0 Å². The van der Waals surface area contributed by atoms with E-state index in [0.29, 0.717) is 17.4 Å². The second-order valence-electron chi connectivity index (χ2n) is 3.95. The number of para-hydroxylation sites is 3. The lowest BCUT2D eigenvalue weighted by atomic mass is 10.2. The Morgan fingerprint density at radius 1 is 0.842 bits per heavy atom. The number of ether oxygens (including phenoxy) is 2. The van der Waals surface area contributed by atoms with Gasteiger partial charge in [0.1, 0.15) is 6.33 Å². The second kappa shape index (κ2) is 4.94. The van der Waals surface area contributed by atoms with Gasteiger partial charge in [-0.15, -0.1) is 0 Å². The summed E-state index contributed by atoms with van der Waals surface area (Å²) >= 11 is 0. The van der Waals surface area contributed by atoms with E-state index in [2.05, 4.69) is 9.97 Å². The van der Waals surface area contributed by atoms with Gasteiger partial charge in [0.15, 0.2) is 11.5 Å². The molecule has 0 saturated carbocycles. The van der Waals surface area contributed by atoms with E-state index in [1.165, 1.54) is 6.33 Å². The molecule has 0 spiro atoms. The lowest BCUT2D eigenvalue weighted by Gasteiger charge is -2.10. The van der Waals surface area contributed by atoms with Crippen molar-refractivity contribution < 1.29 is 9.47 Å². The number of nitrogens with zero attached hydrogens (tertiary/aromatic N) is 2. The van der Waals surface area contributed by atoms with Crippen LogP contribution in [0.4, 0.5) is 0 Å². The fourth-order valence-electron chi connectivity index (χ4n) is 1.87. The Morgan fingerprint density at radius 2 is 1.58 bits per heavy atom. The summed E-state index contributed by atoms with van der Waals surface area (Å²) in [6.07, 6.45) is 1.49. The van der Waals surface area contributed by atoms with Crippen molar-refractivity contribution in [2.24, 2.45) is 0 Å². The average Bonchev–Trinajstić information content (AvgIpc) is 2.48. The summed E-state index contributed by atoms with van der Waals surface area (Å²) in [5.74, 6) is 1.83. The van der Waals surface area contributed by atoms with E-state index in [0.717, 1.165) is 10.9 Å². The smallest absolute Gasteiger partial charge is 0.230 e. The zero-order valence-corrected chi connectivity index (χ0v) is 10.4. The van der Waals surface area contributed by atoms with Gasteiger partial charge in [-0.3, -0.25) is 0 Å². The first-order chi connectivity index (χ1) is 9.38. The van der Waals surface area contributed by atoms with E-state index >= 15 is 0 Å². The Balaban J connectivity index is 2.06. The third-order valence-electron chi connectivity index (χ3n) is 2.78. The molecule has 4 heteroatoms. The highest BCUT2D eigenvalue weighted by atomic mass is 16.5. The number of methoxy groups -OCH3 is 1. The van der Waals surface area contributed by atoms with E-state index < -0.39 is 0 Å². The summed E-state index contributed by atoms with van der Waals surface area (Å²) in [6, 6.07) is 15.2. The van der Waals surface area contributed by atoms with E-state index in [9.17, 15) is 0 Å². The van der Waals surface area contributed by atoms with E-state index in [4.69, 9.17) is 9.47 Å². The van der Waals surface area contributed by atoms with Crippen molar-refractivity contribution >= 4 is 10.9 Å². The lowest BCUT2D eigenvalue weighted by molar-refractivity contribution is 0.375. The van der Waals surface area contributed by atoms with Gasteiger partial charge in [-0.25, -0.2) is 9.97 Å². The Labute approximate surface area is 110 Å². The number of fused-ring (bicyclic) bond motifs is 1. The molecule has 0 radical (unpaired) electrons. The molecular weight excluding hydrogens is 240 g/mol. The first-order valence-corrected chi connectivity index (χ1v) is 5.89. The van der Waals surface area contributed by atoms with Crippen LogP contribution in [0.15, 0.2) is 54.9 Å². The highest BCUT2D eigenvalue weighted by Crippen LogP contribution is 2.32. The number of aromatic nitrogens is 2. The molecule has 0 fully saturated rings. The van der Waals surface area contributed by atoms with Crippen LogP contribution in [0.2, 0.25) is 0 Å². The molecule has 0 amide bonds. The standard InChI is InChI=1S/C15H12N2O2/c1-18-13-8-4-5-9-14(13)19-15-11-6-2-3-7-12(11)16-10-17-15/h2-10H,1H3. The largest absolute Gasteiger partial charge is 0.493 e. The maximum absolute atomic E-state index is 5.84. The van der Waals surface area contributed by atoms with Crippen LogP contribution in [0.25, 0.3) is 10.9 Å². The van der Waals surface area contributed by atoms with E-state index in [-0.39, 0.29) is 0 Å². The van der Waals surface area contributed by atoms with Crippen LogP contribution in [0.1, 0.15) is 0 Å². The molecule has 0 aliphatic carbocycles. The summed E-state index contributed by atoms with van der Waals surface area (Å²) in [7, 11) is 1.61. The number of hydrogen-bond donors (Lipinski definition) is 0. The molecule has 3 rings (SSSR count). The van der Waals surface area contributed by atoms with Gasteiger partial charge < -0.3 is 9.47 Å². The summed E-state index contributed by atoms with van der Waals surface area (Å²) in [4.78, 5) is 8.39. The lowest BCUT2D eigenvalue weighted by Crippen LogP contribution is -1.93. The summed E-state index contributed by atoms with van der Waals surface area (Å²) in [5, 5.41) is 0.871. The summed E-state index contributed by atoms with van der Waals surface area (Å²) < 4.78 is 11.1. The van der Waals surface area contributed by atoms with E-state index in [1.807, 2.05) is 48.5 Å². The van der Waals surface area contributed by atoms with Gasteiger partial charge in [0.2, 0.25) is 5.88 Å². The van der Waals surface area contributed by atoms with Crippen LogP contribution in [0, 0.1) is 0 Å². The highest BCUT2D eigenvalue weighted by Gasteiger charge is 2.08. The van der Waals surface area contributed by atoms with Crippen molar-refractivity contribution in [3.8, 4) is 17.4 Å². The number of rotatable bonds is 3. The molecule has 0 aliphatic heterocycles. The maximum Gasteiger partial charge on any atom is 0.230 e. The van der Waals surface area contributed by atoms with Crippen molar-refractivity contribution in [1.29, 1.82) is 0 Å². The van der Waals surface area contributed by atoms with Gasteiger partial charge in [0, 0.05) is 0 Å². The van der Waals surface area contributed by atoms with Crippen LogP contribution >= 0.6 is 0 Å². The molecule has 0 atom stereocenters. The van der Waals surface area contributed by atoms with Crippen molar-refractivity contribution in [2.45, 2.75) is 0 Å². The topological polar surface area (TPSA) is 44.2 Å². The fraction of sp³-hybridized carbons (Fsp3) is 0.0667. The molecule has 1 heterocycles. The van der Waals surface area contributed by atoms with Crippen molar-refractivity contribution in [1.82, 2.24) is 9.97 Å². The molecule has 3 aromatic rings. The third kappa shape index (κ3) is 2.20. The van der Waals surface area contributed by atoms with Crippen LogP contribution in [0.5, 0.6) is 17.4 Å². The van der Waals surface area contributed by atoms with Gasteiger partial charge >= 0.3 is 0 Å². The van der Waals surface area contributed by atoms with Gasteiger partial charge in [-0.1, -0.05) is 24.3 Å². The molecule has 0 N–H and O–H groups in total. The third-order valence-corrected chi connectivity index (χ3v) is 2.78. The first kappa shape index (κ1) is 11.5. The summed E-state index contributed by atoms with van der Waals surface area (Å²) in [5.41, 5.74) is 0.849. The Bertz CT molecular complexity index is 708. The quantitative estimate of drug-likeness (QED) is 0.716. The molecule has 19 heavy (non-hydrogen) atoms. The minimum atomic E-state index is 0.523. The second-order valence-corrected chi connectivity index (χ2v) is 3.95. The van der Waals surface area contributed by atoms with Crippen LogP contribution in [-0.2, 0) is 0 Å². The zero-order valence-electron chi connectivity index (χ0n) is 10.4. The van der Waals surface area contributed by atoms with Crippen LogP contribution in [0.3, 0.4) is 0 Å². The predicted octanol–water partition coefficient (Wildman–Crippen LogP) is 3.43. The van der Waals surface area contributed by atoms with Gasteiger partial charge in [-0.05, 0) is 24.3 Å². The summed E-state index contributed by atoms with van der Waals surface area (Å²) in [6.45, 7) is 0. The minimum Gasteiger partial charge on any atom is -0.493 e. The molecule has 0 saturated heterocycles. The normalized spacial score (nSPS) is 10.4. The van der Waals surface area contributed by atoms with Crippen molar-refractivity contribution in [3.63, 3.8) is 0 Å². The van der Waals surface area contributed by atoms with Crippen molar-refractivity contribution in [3.05, 3.63) is 54.9 Å². The predicted molar refractivity (Wildman–Crippen MR) is 72.6 cm³/mol. The minimum absolute atomic E-state index is 0.523. The molecule has 4 nitrogen and oxygen atoms in total. The highest BCUT2D eigenvalue weighted by molar-refractivity contribution is 5.83. The molecule has 2 aromatic carbocycles. The molecule has 94 valence electrons. The Kier molecular flexibility index (Phi) is 2.98. The number of benzene rings is 2. The van der Waals surface area contributed by atoms with E-state index in [1.54, 1.807) is 7.11 Å². The Morgan fingerprint density at radius 3 is 2.42 bits per heavy atom. The molecule has 0 bridgehead atoms. The number of hydrogen-bond acceptors (Lipinski definition) is 4. The van der Waals surface area contributed by atoms with Gasteiger partial charge in [0.05, 0.1) is 18.0 Å². The molecule has 0 aliphatic rings. The molecule has 1 aromatic heterocycles.